The highest BCUT2D eigenvalue weighted by Crippen LogP contribution is 2.29. The van der Waals surface area contributed by atoms with E-state index in [1.807, 2.05) is 59.2 Å². The number of rotatable bonds is 7. The number of aromatic nitrogens is 1. The van der Waals surface area contributed by atoms with E-state index in [0.29, 0.717) is 12.2 Å². The van der Waals surface area contributed by atoms with E-state index in [9.17, 15) is 9.90 Å². The van der Waals surface area contributed by atoms with Gasteiger partial charge in [-0.05, 0) is 43.7 Å². The highest BCUT2D eigenvalue weighted by Gasteiger charge is 2.19. The third-order valence-electron chi connectivity index (χ3n) is 6.79. The molecule has 0 bridgehead atoms. The Hall–Kier alpha value is -3.31. The summed E-state index contributed by atoms with van der Waals surface area (Å²) >= 11 is 0. The summed E-state index contributed by atoms with van der Waals surface area (Å²) in [5.41, 5.74) is 2.94. The average Bonchev–Trinajstić information content (AvgIpc) is 3.19. The maximum atomic E-state index is 13.1. The van der Waals surface area contributed by atoms with Gasteiger partial charge >= 0.3 is 0 Å². The van der Waals surface area contributed by atoms with Gasteiger partial charge in [-0.2, -0.15) is 0 Å². The number of benzene rings is 3. The summed E-state index contributed by atoms with van der Waals surface area (Å²) in [4.78, 5) is 17.9. The van der Waals surface area contributed by atoms with Crippen molar-refractivity contribution in [3.8, 4) is 5.75 Å². The van der Waals surface area contributed by atoms with Crippen LogP contribution in [0.25, 0.3) is 21.8 Å². The molecule has 4 aromatic rings. The zero-order chi connectivity index (χ0) is 22.6. The Kier molecular flexibility index (Phi) is 6.31. The molecule has 1 aliphatic heterocycles. The van der Waals surface area contributed by atoms with E-state index in [2.05, 4.69) is 21.9 Å². The minimum absolute atomic E-state index is 0.184. The Balaban J connectivity index is 1.10. The second kappa shape index (κ2) is 9.67. The van der Waals surface area contributed by atoms with Crippen molar-refractivity contribution in [1.82, 2.24) is 9.47 Å². The Bertz CT molecular complexity index is 1200. The molecule has 1 N–H and O–H groups in total. The van der Waals surface area contributed by atoms with Crippen LogP contribution in [0.1, 0.15) is 30.5 Å². The summed E-state index contributed by atoms with van der Waals surface area (Å²) < 4.78 is 1.91. The standard InChI is InChI=1S/C28H31N3O2/c32-27-15-8-7-14-26(27)30-20-18-29(19-21-30)17-9-1-2-16-28(33)31-24-12-5-3-10-22(24)23-11-4-6-13-25(23)31/h3-8,10-15,32H,1-2,9,16-21H2. The van der Waals surface area contributed by atoms with E-state index < -0.39 is 0 Å². The van der Waals surface area contributed by atoms with Crippen LogP contribution in [-0.2, 0) is 0 Å². The van der Waals surface area contributed by atoms with Crippen molar-refractivity contribution in [2.75, 3.05) is 37.6 Å². The largest absolute Gasteiger partial charge is 0.506 e. The first-order valence-electron chi connectivity index (χ1n) is 12.0. The highest BCUT2D eigenvalue weighted by molar-refractivity contribution is 6.13. The number of fused-ring (bicyclic) bond motifs is 3. The lowest BCUT2D eigenvalue weighted by Gasteiger charge is -2.36. The van der Waals surface area contributed by atoms with E-state index in [1.165, 1.54) is 0 Å². The predicted octanol–water partition coefficient (Wildman–Crippen LogP) is 5.52. The van der Waals surface area contributed by atoms with E-state index >= 15 is 0 Å². The Morgan fingerprint density at radius 2 is 1.33 bits per heavy atom. The number of phenolic OH excluding ortho intramolecular Hbond substituents is 1. The fourth-order valence-electron chi connectivity index (χ4n) is 5.04. The van der Waals surface area contributed by atoms with Gasteiger partial charge in [-0.15, -0.1) is 0 Å². The van der Waals surface area contributed by atoms with Crippen molar-refractivity contribution in [2.45, 2.75) is 25.7 Å². The molecule has 33 heavy (non-hydrogen) atoms. The molecule has 5 rings (SSSR count). The zero-order valence-electron chi connectivity index (χ0n) is 19.0. The quantitative estimate of drug-likeness (QED) is 0.384. The van der Waals surface area contributed by atoms with Crippen molar-refractivity contribution < 1.29 is 9.90 Å². The summed E-state index contributed by atoms with van der Waals surface area (Å²) in [7, 11) is 0. The summed E-state index contributed by atoms with van der Waals surface area (Å²) in [6.07, 6.45) is 3.65. The maximum absolute atomic E-state index is 13.1. The first-order valence-corrected chi connectivity index (χ1v) is 12.0. The predicted molar refractivity (Wildman–Crippen MR) is 135 cm³/mol. The number of anilines is 1. The molecule has 0 atom stereocenters. The molecular formula is C28H31N3O2. The third kappa shape index (κ3) is 4.46. The molecule has 1 saturated heterocycles. The van der Waals surface area contributed by atoms with Crippen molar-refractivity contribution in [3.63, 3.8) is 0 Å². The van der Waals surface area contributed by atoms with Gasteiger partial charge in [0.05, 0.1) is 16.7 Å². The number of hydrogen-bond acceptors (Lipinski definition) is 4. The van der Waals surface area contributed by atoms with Gasteiger partial charge in [-0.3, -0.25) is 14.3 Å². The van der Waals surface area contributed by atoms with Gasteiger partial charge in [0.25, 0.3) is 0 Å². The normalized spacial score (nSPS) is 14.8. The monoisotopic (exact) mass is 441 g/mol. The van der Waals surface area contributed by atoms with Crippen molar-refractivity contribution in [2.24, 2.45) is 0 Å². The second-order valence-corrected chi connectivity index (χ2v) is 8.89. The van der Waals surface area contributed by atoms with Gasteiger partial charge in [0.2, 0.25) is 5.91 Å². The zero-order valence-corrected chi connectivity index (χ0v) is 19.0. The number of hydrogen-bond donors (Lipinski definition) is 1. The van der Waals surface area contributed by atoms with Crippen LogP contribution in [0.3, 0.4) is 0 Å². The van der Waals surface area contributed by atoms with Gasteiger partial charge in [0, 0.05) is 43.4 Å². The topological polar surface area (TPSA) is 48.7 Å². The molecule has 3 aromatic carbocycles. The summed E-state index contributed by atoms with van der Waals surface area (Å²) in [6, 6.07) is 23.9. The average molecular weight is 442 g/mol. The molecule has 0 amide bonds. The number of piperazine rings is 1. The van der Waals surface area contributed by atoms with Crippen LogP contribution in [0.4, 0.5) is 5.69 Å². The van der Waals surface area contributed by atoms with E-state index in [0.717, 1.165) is 79.5 Å². The van der Waals surface area contributed by atoms with Crippen LogP contribution in [0, 0.1) is 0 Å². The van der Waals surface area contributed by atoms with Crippen LogP contribution in [-0.4, -0.2) is 53.2 Å². The van der Waals surface area contributed by atoms with Gasteiger partial charge in [0.1, 0.15) is 5.75 Å². The SMILES string of the molecule is O=C(CCCCCN1CCN(c2ccccc2O)CC1)n1c2ccccc2c2ccccc21. The Morgan fingerprint density at radius 1 is 0.727 bits per heavy atom. The molecule has 170 valence electrons. The lowest BCUT2D eigenvalue weighted by atomic mass is 10.1. The molecule has 1 fully saturated rings. The van der Waals surface area contributed by atoms with Crippen molar-refractivity contribution in [1.29, 1.82) is 0 Å². The molecule has 5 nitrogen and oxygen atoms in total. The van der Waals surface area contributed by atoms with Gasteiger partial charge in [-0.1, -0.05) is 55.0 Å². The van der Waals surface area contributed by atoms with Gasteiger partial charge < -0.3 is 10.0 Å². The highest BCUT2D eigenvalue weighted by atomic mass is 16.3. The number of phenols is 1. The maximum Gasteiger partial charge on any atom is 0.231 e. The van der Waals surface area contributed by atoms with Crippen LogP contribution >= 0.6 is 0 Å². The molecule has 0 saturated carbocycles. The number of nitrogens with zero attached hydrogens (tertiary/aromatic N) is 3. The third-order valence-corrected chi connectivity index (χ3v) is 6.79. The number of para-hydroxylation sites is 4. The molecule has 2 heterocycles. The van der Waals surface area contributed by atoms with Crippen LogP contribution < -0.4 is 4.90 Å². The second-order valence-electron chi connectivity index (χ2n) is 8.89. The van der Waals surface area contributed by atoms with Crippen LogP contribution in [0.2, 0.25) is 0 Å². The molecule has 1 aliphatic rings. The molecule has 0 unspecified atom stereocenters. The van der Waals surface area contributed by atoms with Gasteiger partial charge in [0.15, 0.2) is 0 Å². The van der Waals surface area contributed by atoms with Crippen LogP contribution in [0.5, 0.6) is 5.75 Å². The number of aromatic hydroxyl groups is 1. The molecule has 0 radical (unpaired) electrons. The smallest absolute Gasteiger partial charge is 0.231 e. The summed E-state index contributed by atoms with van der Waals surface area (Å²) in [6.45, 7) is 4.95. The van der Waals surface area contributed by atoms with Crippen LogP contribution in [0.15, 0.2) is 72.8 Å². The molecule has 0 spiro atoms. The van der Waals surface area contributed by atoms with E-state index in [-0.39, 0.29) is 5.91 Å². The van der Waals surface area contributed by atoms with E-state index in [1.54, 1.807) is 6.07 Å². The minimum atomic E-state index is 0.184. The summed E-state index contributed by atoms with van der Waals surface area (Å²) in [5.74, 6) is 0.544. The first kappa shape index (κ1) is 21.5. The van der Waals surface area contributed by atoms with Crippen molar-refractivity contribution >= 4 is 33.4 Å². The number of carbonyl (C=O) groups excluding carboxylic acids is 1. The number of carbonyl (C=O) groups is 1. The van der Waals surface area contributed by atoms with Crippen molar-refractivity contribution in [3.05, 3.63) is 72.8 Å². The Labute approximate surface area is 194 Å². The lowest BCUT2D eigenvalue weighted by Crippen LogP contribution is -2.46. The molecule has 0 aliphatic carbocycles. The fourth-order valence-corrected chi connectivity index (χ4v) is 5.04. The summed E-state index contributed by atoms with van der Waals surface area (Å²) in [5, 5.41) is 12.4. The molecule has 1 aromatic heterocycles. The fraction of sp³-hybridized carbons (Fsp3) is 0.321. The lowest BCUT2D eigenvalue weighted by molar-refractivity contribution is 0.0908. The van der Waals surface area contributed by atoms with E-state index in [4.69, 9.17) is 0 Å². The molecule has 5 heteroatoms. The minimum Gasteiger partial charge on any atom is -0.506 e. The van der Waals surface area contributed by atoms with Gasteiger partial charge in [-0.25, -0.2) is 0 Å². The molecular weight excluding hydrogens is 410 g/mol. The number of unbranched alkanes of at least 4 members (excludes halogenated alkanes) is 2. The first-order chi connectivity index (χ1) is 16.2. The Morgan fingerprint density at radius 3 is 2.00 bits per heavy atom.